The molecule has 0 saturated carbocycles. The Morgan fingerprint density at radius 3 is 2.44 bits per heavy atom. The molecule has 0 saturated heterocycles. The second-order valence-electron chi connectivity index (χ2n) is 10.5. The molecule has 0 aliphatic carbocycles. The van der Waals surface area contributed by atoms with E-state index in [1.165, 1.54) is 0 Å². The molecule has 0 bridgehead atoms. The van der Waals surface area contributed by atoms with Crippen molar-refractivity contribution in [3.8, 4) is 0 Å². The molecule has 5 nitrogen and oxygen atoms in total. The van der Waals surface area contributed by atoms with Crippen molar-refractivity contribution in [3.05, 3.63) is 69.6 Å². The van der Waals surface area contributed by atoms with Gasteiger partial charge in [-0.05, 0) is 86.4 Å². The fraction of sp³-hybridized carbons (Fsp3) is 0.433. The van der Waals surface area contributed by atoms with Gasteiger partial charge in [-0.1, -0.05) is 62.3 Å². The molecule has 0 aliphatic rings. The van der Waals surface area contributed by atoms with Gasteiger partial charge in [0.2, 0.25) is 0 Å². The summed E-state index contributed by atoms with van der Waals surface area (Å²) in [4.78, 5) is 18.2. The van der Waals surface area contributed by atoms with E-state index in [2.05, 4.69) is 78.5 Å². The van der Waals surface area contributed by atoms with Crippen LogP contribution in [0.1, 0.15) is 82.7 Å². The summed E-state index contributed by atoms with van der Waals surface area (Å²) >= 11 is 3.67. The lowest BCUT2D eigenvalue weighted by atomic mass is 9.77. The first-order valence-corrected chi connectivity index (χ1v) is 13.4. The number of hydrogen-bond donors (Lipinski definition) is 0. The second kappa shape index (κ2) is 11.1. The Kier molecular flexibility index (Phi) is 8.60. The minimum Gasteiger partial charge on any atom is -0.459 e. The van der Waals surface area contributed by atoms with Crippen LogP contribution >= 0.6 is 15.9 Å². The van der Waals surface area contributed by atoms with Crippen molar-refractivity contribution in [1.29, 1.82) is 0 Å². The van der Waals surface area contributed by atoms with E-state index in [4.69, 9.17) is 4.74 Å². The molecule has 0 radical (unpaired) electrons. The van der Waals surface area contributed by atoms with Crippen LogP contribution in [0.4, 0.5) is 0 Å². The lowest BCUT2D eigenvalue weighted by molar-refractivity contribution is -0.157. The maximum absolute atomic E-state index is 13.8. The first-order valence-electron chi connectivity index (χ1n) is 12.6. The molecule has 192 valence electrons. The van der Waals surface area contributed by atoms with Crippen molar-refractivity contribution in [1.82, 2.24) is 14.6 Å². The Morgan fingerprint density at radius 1 is 1.19 bits per heavy atom. The molecular weight excluding hydrogens is 514 g/mol. The third-order valence-electron chi connectivity index (χ3n) is 6.37. The zero-order chi connectivity index (χ0) is 26.8. The van der Waals surface area contributed by atoms with Crippen LogP contribution in [0.25, 0.3) is 22.9 Å². The number of nitrogens with zero attached hydrogens (tertiary/aromatic N) is 3. The molecule has 3 rings (SSSR count). The highest BCUT2D eigenvalue weighted by atomic mass is 79.9. The molecule has 1 atom stereocenters. The van der Waals surface area contributed by atoms with Crippen molar-refractivity contribution in [2.24, 2.45) is 11.8 Å². The fourth-order valence-corrected chi connectivity index (χ4v) is 5.24. The summed E-state index contributed by atoms with van der Waals surface area (Å²) in [5.41, 5.74) is 7.61. The standard InChI is InChI=1S/C30H38BrN3O2/c1-10-21-22(11-2)28-32-17-33-34(28)16-25(21)27(23(12-3)29(35)36-30(7,8)9)26(18(4)5)24-15-20(31)14-13-19(24)6/h11,13-18,23H,2,10,12H2,1,3-9H3/b27-26+. The predicted molar refractivity (Wildman–Crippen MR) is 153 cm³/mol. The number of pyridine rings is 1. The maximum atomic E-state index is 13.8. The minimum absolute atomic E-state index is 0.146. The van der Waals surface area contributed by atoms with Crippen molar-refractivity contribution in [2.45, 2.75) is 73.8 Å². The zero-order valence-corrected chi connectivity index (χ0v) is 24.4. The number of hydrogen-bond acceptors (Lipinski definition) is 4. The number of carbonyl (C=O) groups is 1. The van der Waals surface area contributed by atoms with Crippen LogP contribution in [0.5, 0.6) is 0 Å². The van der Waals surface area contributed by atoms with Gasteiger partial charge in [-0.15, -0.1) is 0 Å². The van der Waals surface area contributed by atoms with Crippen LogP contribution < -0.4 is 0 Å². The van der Waals surface area contributed by atoms with E-state index in [9.17, 15) is 4.79 Å². The number of benzene rings is 1. The molecule has 1 unspecified atom stereocenters. The smallest absolute Gasteiger partial charge is 0.313 e. The molecule has 0 N–H and O–H groups in total. The van der Waals surface area contributed by atoms with E-state index < -0.39 is 11.5 Å². The molecule has 0 aliphatic heterocycles. The number of aryl methyl sites for hydroxylation is 1. The number of esters is 1. The van der Waals surface area contributed by atoms with Crippen LogP contribution in [0, 0.1) is 18.8 Å². The molecule has 1 aromatic carbocycles. The molecule has 3 aromatic rings. The topological polar surface area (TPSA) is 56.5 Å². The van der Waals surface area contributed by atoms with Gasteiger partial charge in [0.05, 0.1) is 5.92 Å². The van der Waals surface area contributed by atoms with Gasteiger partial charge in [0, 0.05) is 21.8 Å². The number of aromatic nitrogens is 3. The van der Waals surface area contributed by atoms with Crippen LogP contribution in [0.15, 0.2) is 41.8 Å². The quantitative estimate of drug-likeness (QED) is 0.266. The van der Waals surface area contributed by atoms with Crippen LogP contribution in [0.2, 0.25) is 0 Å². The lowest BCUT2D eigenvalue weighted by Gasteiger charge is -2.30. The summed E-state index contributed by atoms with van der Waals surface area (Å²) < 4.78 is 8.77. The largest absolute Gasteiger partial charge is 0.459 e. The van der Waals surface area contributed by atoms with Crippen molar-refractivity contribution >= 4 is 44.8 Å². The number of ether oxygens (including phenoxy) is 1. The van der Waals surface area contributed by atoms with Gasteiger partial charge in [0.1, 0.15) is 11.9 Å². The molecule has 2 aromatic heterocycles. The van der Waals surface area contributed by atoms with E-state index >= 15 is 0 Å². The minimum atomic E-state index is -0.588. The van der Waals surface area contributed by atoms with Crippen molar-refractivity contribution in [2.75, 3.05) is 0 Å². The van der Waals surface area contributed by atoms with Gasteiger partial charge in [-0.25, -0.2) is 9.50 Å². The first kappa shape index (κ1) is 27.9. The Morgan fingerprint density at radius 2 is 1.89 bits per heavy atom. The summed E-state index contributed by atoms with van der Waals surface area (Å²) in [5, 5.41) is 4.46. The van der Waals surface area contributed by atoms with E-state index in [1.54, 1.807) is 10.8 Å². The number of allylic oxidation sites excluding steroid dienone is 1. The summed E-state index contributed by atoms with van der Waals surface area (Å²) in [6, 6.07) is 6.32. The molecule has 2 heterocycles. The summed E-state index contributed by atoms with van der Waals surface area (Å²) in [7, 11) is 0. The van der Waals surface area contributed by atoms with Gasteiger partial charge < -0.3 is 4.74 Å². The summed E-state index contributed by atoms with van der Waals surface area (Å²) in [6.45, 7) is 20.5. The Labute approximate surface area is 223 Å². The monoisotopic (exact) mass is 551 g/mol. The van der Waals surface area contributed by atoms with Crippen LogP contribution in [0.3, 0.4) is 0 Å². The number of halogens is 1. The van der Waals surface area contributed by atoms with Gasteiger partial charge >= 0.3 is 5.97 Å². The number of rotatable bonds is 8. The zero-order valence-electron chi connectivity index (χ0n) is 22.8. The molecule has 6 heteroatoms. The molecule has 0 amide bonds. The molecule has 0 fully saturated rings. The van der Waals surface area contributed by atoms with Crippen LogP contribution in [-0.4, -0.2) is 26.2 Å². The number of fused-ring (bicyclic) bond motifs is 1. The normalized spacial score (nSPS) is 13.6. The Bertz CT molecular complexity index is 1310. The lowest BCUT2D eigenvalue weighted by Crippen LogP contribution is -2.30. The SMILES string of the molecule is C=Cc1c(CC)c(/C(=C(/c2cc(Br)ccc2C)C(C)C)C(CC)C(=O)OC(C)(C)C)cn2ncnc12. The molecule has 36 heavy (non-hydrogen) atoms. The van der Waals surface area contributed by atoms with Crippen LogP contribution in [-0.2, 0) is 16.0 Å². The predicted octanol–water partition coefficient (Wildman–Crippen LogP) is 7.94. The van der Waals surface area contributed by atoms with E-state index in [0.29, 0.717) is 6.42 Å². The molecule has 0 spiro atoms. The average molecular weight is 553 g/mol. The third kappa shape index (κ3) is 5.64. The van der Waals surface area contributed by atoms with E-state index in [0.717, 1.165) is 55.5 Å². The van der Waals surface area contributed by atoms with E-state index in [1.807, 2.05) is 40.0 Å². The van der Waals surface area contributed by atoms with Crippen molar-refractivity contribution < 1.29 is 9.53 Å². The van der Waals surface area contributed by atoms with Gasteiger partial charge in [-0.3, -0.25) is 4.79 Å². The highest BCUT2D eigenvalue weighted by molar-refractivity contribution is 9.10. The van der Waals surface area contributed by atoms with Gasteiger partial charge in [0.15, 0.2) is 5.65 Å². The van der Waals surface area contributed by atoms with Crippen molar-refractivity contribution in [3.63, 3.8) is 0 Å². The third-order valence-corrected chi connectivity index (χ3v) is 6.86. The Hall–Kier alpha value is -2.73. The molecular formula is C30H38BrN3O2. The second-order valence-corrected chi connectivity index (χ2v) is 11.4. The Balaban J connectivity index is 2.53. The first-order chi connectivity index (χ1) is 16.9. The summed E-state index contributed by atoms with van der Waals surface area (Å²) in [6.07, 6.45) is 6.79. The summed E-state index contributed by atoms with van der Waals surface area (Å²) in [5.74, 6) is -0.525. The highest BCUT2D eigenvalue weighted by Gasteiger charge is 2.33. The average Bonchev–Trinajstić information content (AvgIpc) is 3.26. The highest BCUT2D eigenvalue weighted by Crippen LogP contribution is 2.43. The fourth-order valence-electron chi connectivity index (χ4n) is 4.88. The van der Waals surface area contributed by atoms with Gasteiger partial charge in [-0.2, -0.15) is 5.10 Å². The maximum Gasteiger partial charge on any atom is 0.313 e. The number of carbonyl (C=O) groups excluding carboxylic acids is 1. The van der Waals surface area contributed by atoms with Gasteiger partial charge in [0.25, 0.3) is 0 Å². The van der Waals surface area contributed by atoms with E-state index in [-0.39, 0.29) is 11.9 Å².